The van der Waals surface area contributed by atoms with E-state index >= 15 is 0 Å². The van der Waals surface area contributed by atoms with Crippen LogP contribution in [0.15, 0.2) is 0 Å². The highest BCUT2D eigenvalue weighted by molar-refractivity contribution is 5.83. The Morgan fingerprint density at radius 1 is 0.500 bits per heavy atom. The molecular weight excluding hydrogens is 531 g/mol. The number of hydrogen-bond donors (Lipinski definition) is 0. The summed E-state index contributed by atoms with van der Waals surface area (Å²) in [7, 11) is 0. The fraction of sp³-hybridized carbons (Fsp3) is 0.938. The smallest absolute Gasteiger partial charge is 0.299 e. The van der Waals surface area contributed by atoms with Crippen LogP contribution in [0.2, 0.25) is 0 Å². The lowest BCUT2D eigenvalue weighted by atomic mass is 9.85. The van der Waals surface area contributed by atoms with Crippen molar-refractivity contribution >= 4 is 5.78 Å². The summed E-state index contributed by atoms with van der Waals surface area (Å²) >= 11 is 0. The van der Waals surface area contributed by atoms with Gasteiger partial charge in [-0.1, -0.05) is 20.8 Å². The van der Waals surface area contributed by atoms with E-state index in [2.05, 4.69) is 0 Å². The predicted molar refractivity (Wildman–Crippen MR) is 79.0 cm³/mol. The summed E-state index contributed by atoms with van der Waals surface area (Å²) in [5, 5.41) is 0. The van der Waals surface area contributed by atoms with E-state index in [0.29, 0.717) is 0 Å². The fourth-order valence-corrected chi connectivity index (χ4v) is 2.20. The Morgan fingerprint density at radius 2 is 0.794 bits per heavy atom. The average molecular weight is 546 g/mol. The molecule has 0 aromatic carbocycles. The molecule has 0 aliphatic heterocycles. The fourth-order valence-electron chi connectivity index (χ4n) is 2.20. The molecule has 0 spiro atoms. The van der Waals surface area contributed by atoms with Crippen LogP contribution in [0, 0.1) is 5.41 Å². The van der Waals surface area contributed by atoms with Crippen molar-refractivity contribution in [1.29, 1.82) is 0 Å². The summed E-state index contributed by atoms with van der Waals surface area (Å²) in [6.07, 6.45) is -12.9. The molecule has 0 saturated carbocycles. The Balaban J connectivity index is 6.32. The maximum absolute atomic E-state index is 13.6. The van der Waals surface area contributed by atoms with E-state index in [1.165, 1.54) is 20.8 Å². The van der Waals surface area contributed by atoms with Crippen LogP contribution >= 0.6 is 0 Å². The minimum atomic E-state index is -8.63. The number of rotatable bonds is 10. The van der Waals surface area contributed by atoms with Gasteiger partial charge in [0, 0.05) is 18.3 Å². The first kappa shape index (κ1) is 32.5. The number of carbonyl (C=O) groups excluding carboxylic acids is 1. The minimum absolute atomic E-state index is 0.940. The molecule has 0 heterocycles. The van der Waals surface area contributed by atoms with Gasteiger partial charge in [-0.15, -0.1) is 0 Å². The monoisotopic (exact) mass is 546 g/mol. The number of carbonyl (C=O) groups is 1. The first-order valence-electron chi connectivity index (χ1n) is 8.62. The highest BCUT2D eigenvalue weighted by Gasteiger charge is 2.95. The van der Waals surface area contributed by atoms with Gasteiger partial charge in [0.15, 0.2) is 0 Å². The van der Waals surface area contributed by atoms with E-state index in [-0.39, 0.29) is 0 Å². The molecule has 0 unspecified atom stereocenters. The van der Waals surface area contributed by atoms with Crippen LogP contribution in [-0.2, 0) is 4.79 Å². The van der Waals surface area contributed by atoms with Crippen LogP contribution in [0.25, 0.3) is 0 Å². The van der Waals surface area contributed by atoms with Gasteiger partial charge in [-0.3, -0.25) is 4.79 Å². The molecule has 0 amide bonds. The molecule has 0 radical (unpaired) electrons. The molecule has 0 aliphatic rings. The molecule has 1 nitrogen and oxygen atoms in total. The van der Waals surface area contributed by atoms with E-state index in [9.17, 15) is 79.4 Å². The van der Waals surface area contributed by atoms with Crippen LogP contribution in [0.4, 0.5) is 74.6 Å². The van der Waals surface area contributed by atoms with Crippen LogP contribution in [-0.4, -0.2) is 53.4 Å². The number of halogens is 17. The Bertz CT molecular complexity index is 742. The SMILES string of the molecule is CC(C)(C)C(=O)CCCC(F)(F)C(F)(F)C(F)(F)C(F)(F)C(F)(F)C(F)(F)C(F)(F)C(F)(F)F. The Kier molecular flexibility index (Phi) is 8.17. The normalized spacial score (nSPS) is 16.1. The van der Waals surface area contributed by atoms with Crippen LogP contribution < -0.4 is 0 Å². The molecule has 0 N–H and O–H groups in total. The van der Waals surface area contributed by atoms with Gasteiger partial charge in [0.2, 0.25) is 0 Å². The third-order valence-corrected chi connectivity index (χ3v) is 4.52. The maximum Gasteiger partial charge on any atom is 0.460 e. The van der Waals surface area contributed by atoms with Gasteiger partial charge in [0.1, 0.15) is 5.78 Å². The molecule has 18 heteroatoms. The number of alkyl halides is 17. The van der Waals surface area contributed by atoms with Crippen molar-refractivity contribution in [3.8, 4) is 0 Å². The summed E-state index contributed by atoms with van der Waals surface area (Å²) in [6, 6.07) is 0. The minimum Gasteiger partial charge on any atom is -0.299 e. The summed E-state index contributed by atoms with van der Waals surface area (Å²) < 4.78 is 223. The Morgan fingerprint density at radius 3 is 1.09 bits per heavy atom. The molecule has 0 fully saturated rings. The van der Waals surface area contributed by atoms with Crippen LogP contribution in [0.5, 0.6) is 0 Å². The van der Waals surface area contributed by atoms with Gasteiger partial charge < -0.3 is 0 Å². The van der Waals surface area contributed by atoms with Crippen molar-refractivity contribution in [2.24, 2.45) is 5.41 Å². The number of ketones is 1. The first-order chi connectivity index (χ1) is 14.4. The first-order valence-corrected chi connectivity index (χ1v) is 8.62. The lowest BCUT2D eigenvalue weighted by molar-refractivity contribution is -0.461. The highest BCUT2D eigenvalue weighted by atomic mass is 19.4. The van der Waals surface area contributed by atoms with Gasteiger partial charge in [-0.25, -0.2) is 0 Å². The quantitative estimate of drug-likeness (QED) is 0.256. The summed E-state index contributed by atoms with van der Waals surface area (Å²) in [5.74, 6) is -57.3. The molecule has 0 aromatic rings. The van der Waals surface area contributed by atoms with Crippen molar-refractivity contribution in [3.05, 3.63) is 0 Å². The topological polar surface area (TPSA) is 17.1 Å². The standard InChI is InChI=1S/C16H15F17O/c1-8(2,3)7(34)5-4-6-9(17,18)10(19,20)11(21,22)12(23,24)13(25,26)14(27,28)15(29,30)16(31,32)33/h4-6H2,1-3H3. The van der Waals surface area contributed by atoms with Gasteiger partial charge in [-0.05, 0) is 6.42 Å². The van der Waals surface area contributed by atoms with E-state index in [1.807, 2.05) is 0 Å². The molecular formula is C16H15F17O. The summed E-state index contributed by atoms with van der Waals surface area (Å²) in [5.41, 5.74) is -1.29. The second-order valence-corrected chi connectivity index (χ2v) is 8.18. The predicted octanol–water partition coefficient (Wildman–Crippen LogP) is 7.78. The molecule has 204 valence electrons. The van der Waals surface area contributed by atoms with Gasteiger partial charge >= 0.3 is 47.6 Å². The second kappa shape index (κ2) is 8.55. The van der Waals surface area contributed by atoms with Crippen molar-refractivity contribution in [1.82, 2.24) is 0 Å². The number of hydrogen-bond acceptors (Lipinski definition) is 1. The molecule has 0 rings (SSSR count). The number of Topliss-reactive ketones (excluding diaryl/α,β-unsaturated/α-hetero) is 1. The van der Waals surface area contributed by atoms with E-state index in [0.717, 1.165) is 0 Å². The zero-order chi connectivity index (χ0) is 28.2. The zero-order valence-corrected chi connectivity index (χ0v) is 17.0. The largest absolute Gasteiger partial charge is 0.460 e. The Labute approximate surface area is 179 Å². The van der Waals surface area contributed by atoms with E-state index in [4.69, 9.17) is 0 Å². The zero-order valence-electron chi connectivity index (χ0n) is 17.0. The van der Waals surface area contributed by atoms with Crippen molar-refractivity contribution < 1.29 is 79.4 Å². The highest BCUT2D eigenvalue weighted by Crippen LogP contribution is 2.64. The molecule has 0 atom stereocenters. The maximum atomic E-state index is 13.6. The van der Waals surface area contributed by atoms with Gasteiger partial charge in [0.05, 0.1) is 0 Å². The average Bonchev–Trinajstić information content (AvgIpc) is 2.58. The van der Waals surface area contributed by atoms with Gasteiger partial charge in [0.25, 0.3) is 0 Å². The van der Waals surface area contributed by atoms with Crippen molar-refractivity contribution in [3.63, 3.8) is 0 Å². The molecule has 0 aliphatic carbocycles. The lowest BCUT2D eigenvalue weighted by Crippen LogP contribution is -2.74. The van der Waals surface area contributed by atoms with Crippen molar-refractivity contribution in [2.45, 2.75) is 87.7 Å². The molecule has 0 aromatic heterocycles. The van der Waals surface area contributed by atoms with E-state index in [1.54, 1.807) is 0 Å². The summed E-state index contributed by atoms with van der Waals surface area (Å²) in [6.45, 7) is 3.57. The van der Waals surface area contributed by atoms with Crippen LogP contribution in [0.3, 0.4) is 0 Å². The third kappa shape index (κ3) is 4.78. The Hall–Kier alpha value is -1.52. The van der Waals surface area contributed by atoms with Gasteiger partial charge in [-0.2, -0.15) is 74.6 Å². The molecule has 34 heavy (non-hydrogen) atoms. The molecule has 0 bridgehead atoms. The third-order valence-electron chi connectivity index (χ3n) is 4.52. The second-order valence-electron chi connectivity index (χ2n) is 8.18. The lowest BCUT2D eigenvalue weighted by Gasteiger charge is -2.42. The summed E-state index contributed by atoms with van der Waals surface area (Å²) in [4.78, 5) is 11.5. The van der Waals surface area contributed by atoms with Crippen LogP contribution in [0.1, 0.15) is 40.0 Å². The van der Waals surface area contributed by atoms with Crippen molar-refractivity contribution in [2.75, 3.05) is 0 Å². The molecule has 0 saturated heterocycles. The van der Waals surface area contributed by atoms with E-state index < -0.39 is 78.1 Å².